The van der Waals surface area contributed by atoms with E-state index in [-0.39, 0.29) is 44.5 Å². The number of nitrogens with one attached hydrogen (secondary N) is 1. The minimum absolute atomic E-state index is 0.0516. The van der Waals surface area contributed by atoms with E-state index < -0.39 is 26.7 Å². The number of piperidine rings is 1. The van der Waals surface area contributed by atoms with Crippen molar-refractivity contribution in [3.8, 4) is 0 Å². The van der Waals surface area contributed by atoms with Crippen LogP contribution in [-0.2, 0) is 32.3 Å². The number of alkyl halides is 3. The Balaban J connectivity index is 1.27. The van der Waals surface area contributed by atoms with E-state index in [9.17, 15) is 26.4 Å². The Kier molecular flexibility index (Phi) is 6.94. The predicted octanol–water partition coefficient (Wildman–Crippen LogP) is 3.67. The van der Waals surface area contributed by atoms with Gasteiger partial charge >= 0.3 is 6.18 Å². The second-order valence-corrected chi connectivity index (χ2v) is 10.2. The van der Waals surface area contributed by atoms with Crippen molar-refractivity contribution in [1.29, 1.82) is 0 Å². The number of halogens is 3. The standard InChI is InChI=1S/C23H24F3N3O4S/c24-23(25,26)17-5-3-6-19(14-17)34(31,32)29-12-10-18(11-13-29)28-33-15-22(30)27-21-9-8-16-4-1-2-7-20(16)21/h1-7,14,21H,8-13,15H2,(H,27,30). The zero-order chi connectivity index (χ0) is 24.3. The van der Waals surface area contributed by atoms with Crippen molar-refractivity contribution in [3.05, 3.63) is 65.2 Å². The summed E-state index contributed by atoms with van der Waals surface area (Å²) in [6.07, 6.45) is -2.37. The summed E-state index contributed by atoms with van der Waals surface area (Å²) < 4.78 is 65.5. The van der Waals surface area contributed by atoms with Gasteiger partial charge in [-0.25, -0.2) is 8.42 Å². The van der Waals surface area contributed by atoms with Crippen LogP contribution in [0.15, 0.2) is 58.6 Å². The van der Waals surface area contributed by atoms with E-state index in [4.69, 9.17) is 4.84 Å². The molecule has 1 atom stereocenters. The highest BCUT2D eigenvalue weighted by molar-refractivity contribution is 7.89. The summed E-state index contributed by atoms with van der Waals surface area (Å²) >= 11 is 0. The van der Waals surface area contributed by atoms with E-state index in [0.717, 1.165) is 40.9 Å². The Labute approximate surface area is 195 Å². The number of carbonyl (C=O) groups excluding carboxylic acids is 1. The lowest BCUT2D eigenvalue weighted by atomic mass is 10.1. The Morgan fingerprint density at radius 1 is 1.09 bits per heavy atom. The summed E-state index contributed by atoms with van der Waals surface area (Å²) in [5, 5.41) is 6.90. The first-order valence-corrected chi connectivity index (χ1v) is 12.3. The predicted molar refractivity (Wildman–Crippen MR) is 118 cm³/mol. The molecule has 0 aromatic heterocycles. The zero-order valence-corrected chi connectivity index (χ0v) is 19.0. The van der Waals surface area contributed by atoms with Gasteiger partial charge in [0, 0.05) is 25.9 Å². The Hall–Kier alpha value is -2.92. The molecule has 1 fully saturated rings. The van der Waals surface area contributed by atoms with Gasteiger partial charge in [-0.15, -0.1) is 0 Å². The van der Waals surface area contributed by atoms with E-state index in [0.29, 0.717) is 11.8 Å². The molecule has 1 unspecified atom stereocenters. The van der Waals surface area contributed by atoms with Gasteiger partial charge in [-0.05, 0) is 42.2 Å². The quantitative estimate of drug-likeness (QED) is 0.620. The van der Waals surface area contributed by atoms with Crippen molar-refractivity contribution in [2.45, 2.75) is 42.8 Å². The molecular weight excluding hydrogens is 471 g/mol. The third-order valence-corrected chi connectivity index (χ3v) is 7.85. The SMILES string of the molecule is O=C(CON=C1CCN(S(=O)(=O)c2cccc(C(F)(F)F)c2)CC1)NC1CCc2ccccc21. The highest BCUT2D eigenvalue weighted by Crippen LogP contribution is 2.32. The number of hydrogen-bond donors (Lipinski definition) is 1. The largest absolute Gasteiger partial charge is 0.416 e. The van der Waals surface area contributed by atoms with Gasteiger partial charge in [0.25, 0.3) is 5.91 Å². The Morgan fingerprint density at radius 3 is 2.56 bits per heavy atom. The molecule has 1 heterocycles. The monoisotopic (exact) mass is 495 g/mol. The number of rotatable bonds is 6. The topological polar surface area (TPSA) is 88.1 Å². The summed E-state index contributed by atoms with van der Waals surface area (Å²) in [4.78, 5) is 17.0. The van der Waals surface area contributed by atoms with Crippen LogP contribution in [-0.4, -0.2) is 44.0 Å². The zero-order valence-electron chi connectivity index (χ0n) is 18.2. The number of aryl methyl sites for hydroxylation is 1. The minimum atomic E-state index is -4.63. The second kappa shape index (κ2) is 9.75. The fourth-order valence-corrected chi connectivity index (χ4v) is 5.67. The van der Waals surface area contributed by atoms with E-state index in [1.807, 2.05) is 24.3 Å². The van der Waals surface area contributed by atoms with Crippen molar-refractivity contribution in [1.82, 2.24) is 9.62 Å². The van der Waals surface area contributed by atoms with Crippen LogP contribution in [0.3, 0.4) is 0 Å². The van der Waals surface area contributed by atoms with E-state index in [2.05, 4.69) is 10.5 Å². The van der Waals surface area contributed by atoms with Gasteiger partial charge in [-0.1, -0.05) is 35.5 Å². The highest BCUT2D eigenvalue weighted by atomic mass is 32.2. The normalized spacial score (nSPS) is 18.9. The number of fused-ring (bicyclic) bond motifs is 1. The van der Waals surface area contributed by atoms with Crippen molar-refractivity contribution in [2.24, 2.45) is 5.16 Å². The fraction of sp³-hybridized carbons (Fsp3) is 0.391. The molecule has 2 aromatic rings. The molecule has 0 spiro atoms. The van der Waals surface area contributed by atoms with Crippen molar-refractivity contribution in [2.75, 3.05) is 19.7 Å². The highest BCUT2D eigenvalue weighted by Gasteiger charge is 2.34. The summed E-state index contributed by atoms with van der Waals surface area (Å²) in [6.45, 7) is -0.133. The van der Waals surface area contributed by atoms with Crippen LogP contribution < -0.4 is 5.32 Å². The molecule has 2 aromatic carbocycles. The molecule has 4 rings (SSSR count). The van der Waals surface area contributed by atoms with Gasteiger partial charge in [0.15, 0.2) is 6.61 Å². The van der Waals surface area contributed by atoms with Gasteiger partial charge < -0.3 is 10.2 Å². The maximum atomic E-state index is 12.9. The van der Waals surface area contributed by atoms with Gasteiger partial charge in [0.2, 0.25) is 10.0 Å². The third-order valence-electron chi connectivity index (χ3n) is 5.96. The summed E-state index contributed by atoms with van der Waals surface area (Å²) in [5.41, 5.74) is 1.91. The number of hydrogen-bond acceptors (Lipinski definition) is 5. The molecule has 0 bridgehead atoms. The molecule has 0 radical (unpaired) electrons. The average Bonchev–Trinajstić information content (AvgIpc) is 3.22. The fourth-order valence-electron chi connectivity index (χ4n) is 4.18. The van der Waals surface area contributed by atoms with Crippen LogP contribution >= 0.6 is 0 Å². The van der Waals surface area contributed by atoms with E-state index >= 15 is 0 Å². The number of oxime groups is 1. The minimum Gasteiger partial charge on any atom is -0.386 e. The lowest BCUT2D eigenvalue weighted by Gasteiger charge is -2.26. The van der Waals surface area contributed by atoms with Crippen LogP contribution in [0.4, 0.5) is 13.2 Å². The van der Waals surface area contributed by atoms with Crippen molar-refractivity contribution in [3.63, 3.8) is 0 Å². The number of amides is 1. The molecule has 1 amide bonds. The van der Waals surface area contributed by atoms with Crippen LogP contribution in [0.5, 0.6) is 0 Å². The Bertz CT molecular complexity index is 1190. The lowest BCUT2D eigenvalue weighted by molar-refractivity contribution is -0.137. The number of sulfonamides is 1. The molecule has 2 aliphatic rings. The number of carbonyl (C=O) groups is 1. The van der Waals surface area contributed by atoms with Crippen LogP contribution in [0.2, 0.25) is 0 Å². The van der Waals surface area contributed by atoms with E-state index in [1.54, 1.807) is 0 Å². The molecule has 1 N–H and O–H groups in total. The third kappa shape index (κ3) is 5.41. The molecular formula is C23H24F3N3O4S. The first-order valence-electron chi connectivity index (χ1n) is 10.9. The molecule has 182 valence electrons. The molecule has 1 aliphatic heterocycles. The summed E-state index contributed by atoms with van der Waals surface area (Å²) in [7, 11) is -4.07. The summed E-state index contributed by atoms with van der Waals surface area (Å²) in [6, 6.07) is 11.6. The maximum absolute atomic E-state index is 12.9. The molecule has 7 nitrogen and oxygen atoms in total. The molecule has 11 heteroatoms. The first kappa shape index (κ1) is 24.2. The van der Waals surface area contributed by atoms with Crippen molar-refractivity contribution < 1.29 is 31.2 Å². The number of nitrogens with zero attached hydrogens (tertiary/aromatic N) is 2. The lowest BCUT2D eigenvalue weighted by Crippen LogP contribution is -2.38. The number of benzene rings is 2. The first-order chi connectivity index (χ1) is 16.1. The molecule has 34 heavy (non-hydrogen) atoms. The van der Waals surface area contributed by atoms with Gasteiger partial charge in [0.1, 0.15) is 0 Å². The smallest absolute Gasteiger partial charge is 0.386 e. The van der Waals surface area contributed by atoms with Gasteiger partial charge in [-0.3, -0.25) is 4.79 Å². The van der Waals surface area contributed by atoms with Crippen molar-refractivity contribution >= 4 is 21.6 Å². The van der Waals surface area contributed by atoms with Crippen LogP contribution in [0, 0.1) is 0 Å². The second-order valence-electron chi connectivity index (χ2n) is 8.22. The van der Waals surface area contributed by atoms with Gasteiger partial charge in [0.05, 0.1) is 22.2 Å². The Morgan fingerprint density at radius 2 is 1.82 bits per heavy atom. The van der Waals surface area contributed by atoms with Crippen LogP contribution in [0.1, 0.15) is 42.0 Å². The maximum Gasteiger partial charge on any atom is 0.416 e. The summed E-state index contributed by atoms with van der Waals surface area (Å²) in [5.74, 6) is -0.296. The molecule has 1 aliphatic carbocycles. The van der Waals surface area contributed by atoms with Crippen LogP contribution in [0.25, 0.3) is 0 Å². The van der Waals surface area contributed by atoms with E-state index in [1.165, 1.54) is 5.56 Å². The molecule has 0 saturated carbocycles. The molecule has 1 saturated heterocycles. The average molecular weight is 496 g/mol. The van der Waals surface area contributed by atoms with Gasteiger partial charge in [-0.2, -0.15) is 17.5 Å².